The fraction of sp³-hybridized carbons (Fsp3) is 0.188. The van der Waals surface area contributed by atoms with Gasteiger partial charge in [-0.15, -0.1) is 0 Å². The number of benzene rings is 1. The zero-order chi connectivity index (χ0) is 16.4. The van der Waals surface area contributed by atoms with Gasteiger partial charge in [0, 0.05) is 30.5 Å². The molecule has 7 heteroatoms. The highest BCUT2D eigenvalue weighted by atomic mass is 19.3. The van der Waals surface area contributed by atoms with Gasteiger partial charge in [-0.1, -0.05) is 18.2 Å². The van der Waals surface area contributed by atoms with E-state index in [0.29, 0.717) is 5.52 Å². The number of alkyl halides is 2. The van der Waals surface area contributed by atoms with Crippen LogP contribution in [0.1, 0.15) is 18.1 Å². The normalized spacial score (nSPS) is 10.9. The Balaban J connectivity index is 2.02. The molecule has 0 radical (unpaired) electrons. The molecule has 0 aliphatic carbocycles. The molecule has 0 fully saturated rings. The van der Waals surface area contributed by atoms with Crippen LogP contribution in [0.4, 0.5) is 14.5 Å². The zero-order valence-electron chi connectivity index (χ0n) is 12.3. The molecular formula is C16H13F2N5. The first-order valence-electron chi connectivity index (χ1n) is 6.91. The summed E-state index contributed by atoms with van der Waals surface area (Å²) < 4.78 is 26.7. The molecule has 0 saturated heterocycles. The van der Waals surface area contributed by atoms with E-state index in [4.69, 9.17) is 5.26 Å². The van der Waals surface area contributed by atoms with E-state index < -0.39 is 6.55 Å². The van der Waals surface area contributed by atoms with Crippen LogP contribution in [-0.4, -0.2) is 21.6 Å². The summed E-state index contributed by atoms with van der Waals surface area (Å²) >= 11 is 0. The van der Waals surface area contributed by atoms with Crippen LogP contribution < -0.4 is 4.90 Å². The first-order chi connectivity index (χ1) is 11.1. The Morgan fingerprint density at radius 2 is 2.13 bits per heavy atom. The molecule has 3 aromatic rings. The van der Waals surface area contributed by atoms with Crippen LogP contribution in [0, 0.1) is 11.3 Å². The fourth-order valence-electron chi connectivity index (χ4n) is 2.47. The van der Waals surface area contributed by atoms with Crippen molar-refractivity contribution in [2.45, 2.75) is 13.1 Å². The molecule has 23 heavy (non-hydrogen) atoms. The average molecular weight is 313 g/mol. The van der Waals surface area contributed by atoms with Crippen molar-refractivity contribution in [2.24, 2.45) is 0 Å². The van der Waals surface area contributed by atoms with Crippen molar-refractivity contribution >= 4 is 16.6 Å². The van der Waals surface area contributed by atoms with Gasteiger partial charge in [0.2, 0.25) is 0 Å². The Morgan fingerprint density at radius 1 is 1.35 bits per heavy atom. The number of nitrogens with zero attached hydrogens (tertiary/aromatic N) is 5. The fourth-order valence-corrected chi connectivity index (χ4v) is 2.47. The van der Waals surface area contributed by atoms with Gasteiger partial charge in [0.1, 0.15) is 17.6 Å². The van der Waals surface area contributed by atoms with Crippen LogP contribution in [0.15, 0.2) is 42.7 Å². The van der Waals surface area contributed by atoms with E-state index in [0.717, 1.165) is 15.6 Å². The van der Waals surface area contributed by atoms with Gasteiger partial charge in [-0.05, 0) is 12.1 Å². The smallest absolute Gasteiger partial charge is 0.319 e. The molecule has 2 aromatic heterocycles. The molecule has 5 nitrogen and oxygen atoms in total. The Kier molecular flexibility index (Phi) is 3.89. The van der Waals surface area contributed by atoms with Crippen molar-refractivity contribution in [1.82, 2.24) is 14.5 Å². The molecular weight excluding hydrogens is 300 g/mol. The average Bonchev–Trinajstić information content (AvgIpc) is 3.02. The maximum atomic E-state index is 12.9. The number of anilines is 1. The van der Waals surface area contributed by atoms with Gasteiger partial charge >= 0.3 is 6.55 Å². The van der Waals surface area contributed by atoms with Crippen LogP contribution >= 0.6 is 0 Å². The summed E-state index contributed by atoms with van der Waals surface area (Å²) in [6, 6.07) is 11.1. The molecule has 0 spiro atoms. The minimum Gasteiger partial charge on any atom is -0.366 e. The number of aromatic nitrogens is 3. The van der Waals surface area contributed by atoms with E-state index in [2.05, 4.69) is 9.97 Å². The van der Waals surface area contributed by atoms with Crippen LogP contribution in [0.5, 0.6) is 0 Å². The lowest BCUT2D eigenvalue weighted by atomic mass is 10.1. The second-order valence-electron chi connectivity index (χ2n) is 5.04. The maximum absolute atomic E-state index is 12.9. The summed E-state index contributed by atoms with van der Waals surface area (Å²) in [7, 11) is 1.77. The highest BCUT2D eigenvalue weighted by Crippen LogP contribution is 2.27. The molecule has 3 rings (SSSR count). The summed E-state index contributed by atoms with van der Waals surface area (Å²) in [4.78, 5) is 10.0. The number of hydrogen-bond donors (Lipinski definition) is 0. The number of rotatable bonds is 4. The lowest BCUT2D eigenvalue weighted by Gasteiger charge is -2.21. The van der Waals surface area contributed by atoms with E-state index in [9.17, 15) is 8.78 Å². The van der Waals surface area contributed by atoms with Gasteiger partial charge in [0.05, 0.1) is 12.1 Å². The highest BCUT2D eigenvalue weighted by molar-refractivity contribution is 5.92. The number of nitriles is 1. The molecule has 0 unspecified atom stereocenters. The van der Waals surface area contributed by atoms with Gasteiger partial charge in [-0.3, -0.25) is 4.57 Å². The largest absolute Gasteiger partial charge is 0.366 e. The van der Waals surface area contributed by atoms with Crippen LogP contribution in [-0.2, 0) is 6.54 Å². The van der Waals surface area contributed by atoms with Crippen molar-refractivity contribution in [3.8, 4) is 6.07 Å². The molecule has 0 bridgehead atoms. The van der Waals surface area contributed by atoms with Crippen molar-refractivity contribution in [2.75, 3.05) is 11.9 Å². The number of fused-ring (bicyclic) bond motifs is 1. The van der Waals surface area contributed by atoms with Crippen molar-refractivity contribution < 1.29 is 8.78 Å². The third-order valence-electron chi connectivity index (χ3n) is 3.56. The van der Waals surface area contributed by atoms with Crippen molar-refractivity contribution in [3.63, 3.8) is 0 Å². The SMILES string of the molecule is CN(Cc1nccn1C(F)F)c1cc(C#N)nc2ccccc12. The number of para-hydroxylation sites is 1. The van der Waals surface area contributed by atoms with E-state index in [1.165, 1.54) is 12.4 Å². The molecule has 1 aromatic carbocycles. The Morgan fingerprint density at radius 3 is 2.87 bits per heavy atom. The van der Waals surface area contributed by atoms with Gasteiger partial charge in [0.25, 0.3) is 0 Å². The highest BCUT2D eigenvalue weighted by Gasteiger charge is 2.15. The van der Waals surface area contributed by atoms with E-state index in [-0.39, 0.29) is 18.1 Å². The molecule has 0 N–H and O–H groups in total. The molecule has 0 atom stereocenters. The lowest BCUT2D eigenvalue weighted by Crippen LogP contribution is -2.20. The van der Waals surface area contributed by atoms with E-state index in [1.807, 2.05) is 30.3 Å². The summed E-state index contributed by atoms with van der Waals surface area (Å²) in [5.41, 5.74) is 1.71. The summed E-state index contributed by atoms with van der Waals surface area (Å²) in [5, 5.41) is 9.98. The van der Waals surface area contributed by atoms with E-state index in [1.54, 1.807) is 18.0 Å². The number of imidazole rings is 1. The summed E-state index contributed by atoms with van der Waals surface area (Å²) in [6.07, 6.45) is 2.60. The Bertz CT molecular complexity index is 882. The minimum atomic E-state index is -2.63. The Labute approximate surface area is 131 Å². The first kappa shape index (κ1) is 14.9. The molecule has 0 aliphatic rings. The lowest BCUT2D eigenvalue weighted by molar-refractivity contribution is 0.0670. The molecule has 116 valence electrons. The van der Waals surface area contributed by atoms with Gasteiger partial charge in [-0.2, -0.15) is 14.0 Å². The summed E-state index contributed by atoms with van der Waals surface area (Å²) in [6.45, 7) is -2.44. The number of hydrogen-bond acceptors (Lipinski definition) is 4. The predicted octanol–water partition coefficient (Wildman–Crippen LogP) is 3.33. The summed E-state index contributed by atoms with van der Waals surface area (Å²) in [5.74, 6) is 0.252. The number of halogens is 2. The third kappa shape index (κ3) is 2.83. The van der Waals surface area contributed by atoms with E-state index >= 15 is 0 Å². The Hall–Kier alpha value is -3.01. The third-order valence-corrected chi connectivity index (χ3v) is 3.56. The second kappa shape index (κ2) is 6.01. The first-order valence-corrected chi connectivity index (χ1v) is 6.91. The molecule has 0 amide bonds. The van der Waals surface area contributed by atoms with Crippen LogP contribution in [0.2, 0.25) is 0 Å². The zero-order valence-corrected chi connectivity index (χ0v) is 12.3. The van der Waals surface area contributed by atoms with Gasteiger partial charge in [-0.25, -0.2) is 9.97 Å². The van der Waals surface area contributed by atoms with Crippen molar-refractivity contribution in [3.05, 3.63) is 54.2 Å². The van der Waals surface area contributed by atoms with Gasteiger partial charge < -0.3 is 4.90 Å². The molecule has 0 aliphatic heterocycles. The topological polar surface area (TPSA) is 57.7 Å². The van der Waals surface area contributed by atoms with Crippen LogP contribution in [0.3, 0.4) is 0 Å². The second-order valence-corrected chi connectivity index (χ2v) is 5.04. The van der Waals surface area contributed by atoms with Crippen LogP contribution in [0.25, 0.3) is 10.9 Å². The standard InChI is InChI=1S/C16H13F2N5/c1-22(10-15-20-6-7-23(15)16(17)18)14-8-11(9-19)21-13-5-3-2-4-12(13)14/h2-8,16H,10H2,1H3. The monoisotopic (exact) mass is 313 g/mol. The van der Waals surface area contributed by atoms with Gasteiger partial charge in [0.15, 0.2) is 0 Å². The predicted molar refractivity (Wildman–Crippen MR) is 82.0 cm³/mol. The molecule has 0 saturated carbocycles. The number of pyridine rings is 1. The quantitative estimate of drug-likeness (QED) is 0.741. The van der Waals surface area contributed by atoms with Crippen molar-refractivity contribution in [1.29, 1.82) is 5.26 Å². The maximum Gasteiger partial charge on any atom is 0.319 e. The molecule has 2 heterocycles. The minimum absolute atomic E-state index is 0.191.